The number of benzene rings is 1. The second-order valence-corrected chi connectivity index (χ2v) is 7.31. The van der Waals surface area contributed by atoms with E-state index < -0.39 is 0 Å². The molecule has 1 heterocycles. The number of aliphatic hydroxyl groups is 1. The van der Waals surface area contributed by atoms with Gasteiger partial charge in [0.05, 0.1) is 6.61 Å². The van der Waals surface area contributed by atoms with E-state index in [1.807, 2.05) is 44.1 Å². The Labute approximate surface area is 145 Å². The van der Waals surface area contributed by atoms with Crippen LogP contribution in [0, 0.1) is 19.3 Å². The quantitative estimate of drug-likeness (QED) is 0.863. The van der Waals surface area contributed by atoms with Gasteiger partial charge >= 0.3 is 0 Å². The molecule has 1 aliphatic heterocycles. The molecule has 1 aliphatic rings. The Kier molecular flexibility index (Phi) is 6.24. The molecule has 1 aromatic rings. The Hall–Kier alpha value is -1.59. The monoisotopic (exact) mass is 334 g/mol. The summed E-state index contributed by atoms with van der Waals surface area (Å²) in [6.45, 7) is 6.55. The first-order valence-electron chi connectivity index (χ1n) is 8.59. The fourth-order valence-corrected chi connectivity index (χ4v) is 3.31. The number of carbonyl (C=O) groups is 1. The highest BCUT2D eigenvalue weighted by molar-refractivity contribution is 5.77. The number of hydrogen-bond donors (Lipinski definition) is 1. The third kappa shape index (κ3) is 4.71. The number of ether oxygens (including phenoxy) is 1. The molecule has 24 heavy (non-hydrogen) atoms. The molecule has 0 unspecified atom stereocenters. The van der Waals surface area contributed by atoms with Gasteiger partial charge in [0.15, 0.2) is 6.61 Å². The largest absolute Gasteiger partial charge is 0.484 e. The molecule has 0 radical (unpaired) electrons. The lowest BCUT2D eigenvalue weighted by Crippen LogP contribution is -2.49. The van der Waals surface area contributed by atoms with Crippen LogP contribution in [0.25, 0.3) is 0 Å². The summed E-state index contributed by atoms with van der Waals surface area (Å²) in [4.78, 5) is 16.3. The van der Waals surface area contributed by atoms with Crippen LogP contribution in [0.1, 0.15) is 24.0 Å². The number of amides is 1. The van der Waals surface area contributed by atoms with E-state index >= 15 is 0 Å². The first kappa shape index (κ1) is 18.7. The highest BCUT2D eigenvalue weighted by atomic mass is 16.5. The van der Waals surface area contributed by atoms with E-state index in [-0.39, 0.29) is 24.5 Å². The van der Waals surface area contributed by atoms with Crippen LogP contribution in [0.2, 0.25) is 0 Å². The van der Waals surface area contributed by atoms with Crippen LogP contribution >= 0.6 is 0 Å². The van der Waals surface area contributed by atoms with E-state index in [0.29, 0.717) is 13.1 Å². The van der Waals surface area contributed by atoms with Crippen molar-refractivity contribution in [3.8, 4) is 5.75 Å². The Morgan fingerprint density at radius 3 is 2.46 bits per heavy atom. The Morgan fingerprint density at radius 1 is 1.25 bits per heavy atom. The minimum Gasteiger partial charge on any atom is -0.484 e. The zero-order valence-corrected chi connectivity index (χ0v) is 15.3. The van der Waals surface area contributed by atoms with E-state index in [2.05, 4.69) is 11.8 Å². The molecule has 1 aromatic carbocycles. The predicted molar refractivity (Wildman–Crippen MR) is 95.3 cm³/mol. The van der Waals surface area contributed by atoms with Crippen LogP contribution in [-0.4, -0.2) is 67.8 Å². The Balaban J connectivity index is 1.85. The molecule has 1 amide bonds. The van der Waals surface area contributed by atoms with E-state index in [4.69, 9.17) is 4.74 Å². The molecule has 134 valence electrons. The highest BCUT2D eigenvalue weighted by Gasteiger charge is 2.35. The van der Waals surface area contributed by atoms with Gasteiger partial charge in [-0.2, -0.15) is 0 Å². The number of rotatable bonds is 6. The molecule has 1 saturated heterocycles. The molecule has 0 saturated carbocycles. The van der Waals surface area contributed by atoms with Gasteiger partial charge in [-0.1, -0.05) is 6.07 Å². The number of aryl methyl sites for hydroxylation is 2. The molecule has 0 aromatic heterocycles. The van der Waals surface area contributed by atoms with Crippen LogP contribution in [0.15, 0.2) is 18.2 Å². The summed E-state index contributed by atoms with van der Waals surface area (Å²) in [5.41, 5.74) is 2.29. The van der Waals surface area contributed by atoms with Crippen LogP contribution in [0.3, 0.4) is 0 Å². The van der Waals surface area contributed by atoms with Crippen LogP contribution < -0.4 is 4.74 Å². The van der Waals surface area contributed by atoms with E-state index in [9.17, 15) is 9.90 Å². The average molecular weight is 334 g/mol. The summed E-state index contributed by atoms with van der Waals surface area (Å²) in [5, 5.41) is 9.76. The summed E-state index contributed by atoms with van der Waals surface area (Å²) >= 11 is 0. The van der Waals surface area contributed by atoms with Gasteiger partial charge in [-0.3, -0.25) is 4.79 Å². The van der Waals surface area contributed by atoms with Crippen molar-refractivity contribution in [2.75, 3.05) is 46.9 Å². The molecule has 0 aliphatic carbocycles. The molecule has 5 nitrogen and oxygen atoms in total. The second-order valence-electron chi connectivity index (χ2n) is 7.31. The Bertz CT molecular complexity index is 564. The summed E-state index contributed by atoms with van der Waals surface area (Å²) in [6.07, 6.45) is 1.66. The molecule has 0 bridgehead atoms. The normalized spacial score (nSPS) is 17.2. The van der Waals surface area contributed by atoms with E-state index in [0.717, 1.165) is 30.7 Å². The maximum atomic E-state index is 12.4. The van der Waals surface area contributed by atoms with Crippen molar-refractivity contribution in [3.63, 3.8) is 0 Å². The van der Waals surface area contributed by atoms with Crippen LogP contribution in [0.5, 0.6) is 5.75 Å². The molecular formula is C19H30N2O3. The van der Waals surface area contributed by atoms with Crippen LogP contribution in [-0.2, 0) is 4.79 Å². The zero-order valence-electron chi connectivity index (χ0n) is 15.3. The zero-order chi connectivity index (χ0) is 17.7. The SMILES string of the molecule is Cc1ccc(OCC(=O)N2CCC(CO)(CN(C)C)CC2)cc1C. The topological polar surface area (TPSA) is 53.0 Å². The van der Waals surface area contributed by atoms with E-state index in [1.54, 1.807) is 0 Å². The summed E-state index contributed by atoms with van der Waals surface area (Å²) < 4.78 is 5.65. The number of nitrogens with zero attached hydrogens (tertiary/aromatic N) is 2. The maximum Gasteiger partial charge on any atom is 0.260 e. The fraction of sp³-hybridized carbons (Fsp3) is 0.632. The number of aliphatic hydroxyl groups excluding tert-OH is 1. The second kappa shape index (κ2) is 7.99. The van der Waals surface area contributed by atoms with Gasteiger partial charge in [-0.25, -0.2) is 0 Å². The fourth-order valence-electron chi connectivity index (χ4n) is 3.31. The van der Waals surface area contributed by atoms with Gasteiger partial charge < -0.3 is 19.6 Å². The van der Waals surface area contributed by atoms with Crippen molar-refractivity contribution in [1.82, 2.24) is 9.80 Å². The third-order valence-electron chi connectivity index (χ3n) is 5.00. The van der Waals surface area contributed by atoms with Gasteiger partial charge in [-0.05, 0) is 64.0 Å². The van der Waals surface area contributed by atoms with Crippen molar-refractivity contribution in [3.05, 3.63) is 29.3 Å². The lowest BCUT2D eigenvalue weighted by Gasteiger charge is -2.42. The highest BCUT2D eigenvalue weighted by Crippen LogP contribution is 2.31. The minimum atomic E-state index is -0.0881. The summed E-state index contributed by atoms with van der Waals surface area (Å²) in [6, 6.07) is 5.87. The molecule has 5 heteroatoms. The van der Waals surface area contributed by atoms with Crippen molar-refractivity contribution >= 4 is 5.91 Å². The van der Waals surface area contributed by atoms with Gasteiger partial charge in [0.2, 0.25) is 0 Å². The molecule has 1 fully saturated rings. The molecule has 0 atom stereocenters. The predicted octanol–water partition coefficient (Wildman–Crippen LogP) is 1.84. The average Bonchev–Trinajstić information content (AvgIpc) is 2.55. The van der Waals surface area contributed by atoms with Crippen molar-refractivity contribution < 1.29 is 14.6 Å². The lowest BCUT2D eigenvalue weighted by molar-refractivity contribution is -0.136. The third-order valence-corrected chi connectivity index (χ3v) is 5.00. The molecule has 2 rings (SSSR count). The smallest absolute Gasteiger partial charge is 0.260 e. The minimum absolute atomic E-state index is 0.0182. The number of piperidine rings is 1. The van der Waals surface area contributed by atoms with Crippen molar-refractivity contribution in [2.45, 2.75) is 26.7 Å². The lowest BCUT2D eigenvalue weighted by atomic mass is 9.78. The maximum absolute atomic E-state index is 12.4. The van der Waals surface area contributed by atoms with Gasteiger partial charge in [0.25, 0.3) is 5.91 Å². The summed E-state index contributed by atoms with van der Waals surface area (Å²) in [5.74, 6) is 0.755. The first-order valence-corrected chi connectivity index (χ1v) is 8.59. The van der Waals surface area contributed by atoms with Crippen molar-refractivity contribution in [2.24, 2.45) is 5.41 Å². The van der Waals surface area contributed by atoms with Crippen LogP contribution in [0.4, 0.5) is 0 Å². The number of hydrogen-bond acceptors (Lipinski definition) is 4. The summed E-state index contributed by atoms with van der Waals surface area (Å²) in [7, 11) is 4.04. The Morgan fingerprint density at radius 2 is 1.92 bits per heavy atom. The number of likely N-dealkylation sites (tertiary alicyclic amines) is 1. The molecule has 0 spiro atoms. The van der Waals surface area contributed by atoms with Gasteiger partial charge in [0.1, 0.15) is 5.75 Å². The van der Waals surface area contributed by atoms with E-state index in [1.165, 1.54) is 5.56 Å². The molecular weight excluding hydrogens is 304 g/mol. The number of carbonyl (C=O) groups excluding carboxylic acids is 1. The van der Waals surface area contributed by atoms with Crippen molar-refractivity contribution in [1.29, 1.82) is 0 Å². The molecule has 1 N–H and O–H groups in total. The van der Waals surface area contributed by atoms with Gasteiger partial charge in [-0.15, -0.1) is 0 Å². The standard InChI is InChI=1S/C19H30N2O3/c1-15-5-6-17(11-16(15)2)24-12-18(23)21-9-7-19(14-22,8-10-21)13-20(3)4/h5-6,11,22H,7-10,12-14H2,1-4H3. The van der Waals surface area contributed by atoms with Gasteiger partial charge in [0, 0.05) is 25.0 Å². The first-order chi connectivity index (χ1) is 11.3.